The Bertz CT molecular complexity index is 798. The van der Waals surface area contributed by atoms with E-state index in [9.17, 15) is 28.0 Å². The fourth-order valence-corrected chi connectivity index (χ4v) is 5.95. The van der Waals surface area contributed by atoms with Gasteiger partial charge in [-0.15, -0.1) is 0 Å². The van der Waals surface area contributed by atoms with E-state index in [0.29, 0.717) is 6.42 Å². The summed E-state index contributed by atoms with van der Waals surface area (Å²) in [6.45, 7) is 4.46. The van der Waals surface area contributed by atoms with Crippen molar-refractivity contribution >= 4 is 16.0 Å². The molecular weight excluding hydrogens is 562 g/mol. The molecule has 4 N–H and O–H groups in total. The number of nitrogens with one attached hydrogen (secondary N) is 1. The van der Waals surface area contributed by atoms with Crippen molar-refractivity contribution in [1.29, 1.82) is 0 Å². The Balaban J connectivity index is 4.19. The molecule has 0 bridgehead atoms. The smallest absolute Gasteiger partial charge is 0.267 e. The molecule has 0 aromatic carbocycles. The monoisotopic (exact) mass is 629 g/mol. The average Bonchev–Trinajstić information content (AvgIpc) is 2.96. The zero-order valence-corrected chi connectivity index (χ0v) is 28.5. The Morgan fingerprint density at radius 2 is 1.02 bits per heavy atom. The molecule has 7 nitrogen and oxygen atoms in total. The van der Waals surface area contributed by atoms with E-state index < -0.39 is 40.0 Å². The second-order valence-electron chi connectivity index (χ2n) is 12.3. The van der Waals surface area contributed by atoms with Crippen molar-refractivity contribution in [3.8, 4) is 0 Å². The van der Waals surface area contributed by atoms with Gasteiger partial charge < -0.3 is 15.5 Å². The van der Waals surface area contributed by atoms with Crippen LogP contribution in [0.3, 0.4) is 0 Å². The number of aliphatic hydroxyl groups excluding tert-OH is 2. The van der Waals surface area contributed by atoms with Gasteiger partial charge in [-0.25, -0.2) is 0 Å². The van der Waals surface area contributed by atoms with Gasteiger partial charge in [0.2, 0.25) is 5.91 Å². The maximum atomic E-state index is 12.5. The van der Waals surface area contributed by atoms with E-state index in [1.807, 2.05) is 0 Å². The summed E-state index contributed by atoms with van der Waals surface area (Å²) in [4.78, 5) is 12.5. The molecule has 8 heteroatoms. The fourth-order valence-electron chi connectivity index (χ4n) is 5.21. The minimum absolute atomic E-state index is 0.251. The minimum Gasteiger partial charge on any atom is -0.387 e. The highest BCUT2D eigenvalue weighted by Crippen LogP contribution is 2.13. The van der Waals surface area contributed by atoms with Gasteiger partial charge in [0.25, 0.3) is 10.1 Å². The zero-order valence-electron chi connectivity index (χ0n) is 27.7. The van der Waals surface area contributed by atoms with Crippen LogP contribution < -0.4 is 5.32 Å². The summed E-state index contributed by atoms with van der Waals surface area (Å²) in [7, 11) is -4.44. The summed E-state index contributed by atoms with van der Waals surface area (Å²) < 4.78 is 32.3. The van der Waals surface area contributed by atoms with E-state index in [-0.39, 0.29) is 6.42 Å². The standard InChI is InChI=1S/C35H67NO6S/c1-3-5-7-9-11-13-15-17-18-20-21-23-25-27-29-33(37)32(31-43(40,41)42)36-35(39)34(38)30-28-26-24-22-19-16-14-12-10-8-6-4-2/h19,22,27,29,32-34,37-38H,3-18,20-21,23-26,28,30-31H2,1-2H3,(H,36,39)(H,40,41,42)/b22-19-,29-27+. The number of unbranched alkanes of at least 4 members (excludes halogenated alkanes) is 20. The lowest BCUT2D eigenvalue weighted by atomic mass is 10.0. The summed E-state index contributed by atoms with van der Waals surface area (Å²) in [5.74, 6) is -1.56. The quantitative estimate of drug-likeness (QED) is 0.0346. The molecule has 0 spiro atoms. The minimum atomic E-state index is -4.44. The first-order valence-electron chi connectivity index (χ1n) is 17.6. The number of aliphatic hydroxyl groups is 2. The van der Waals surface area contributed by atoms with Crippen molar-refractivity contribution in [3.05, 3.63) is 24.3 Å². The lowest BCUT2D eigenvalue weighted by Crippen LogP contribution is -2.50. The molecule has 0 heterocycles. The normalized spacial score (nSPS) is 14.4. The van der Waals surface area contributed by atoms with Crippen LogP contribution in [-0.2, 0) is 14.9 Å². The second kappa shape index (κ2) is 29.5. The van der Waals surface area contributed by atoms with E-state index >= 15 is 0 Å². The molecule has 0 aromatic rings. The SMILES string of the molecule is CCCCCCCC/C=C\CCCCC(O)C(=O)NC(CS(=O)(=O)O)C(O)/C=C/CCCCCCCCCCCCCC. The van der Waals surface area contributed by atoms with E-state index in [4.69, 9.17) is 0 Å². The molecule has 0 aliphatic rings. The van der Waals surface area contributed by atoms with Gasteiger partial charge in [0.15, 0.2) is 0 Å². The molecule has 0 rings (SSSR count). The van der Waals surface area contributed by atoms with Crippen LogP contribution in [0.2, 0.25) is 0 Å². The number of rotatable bonds is 31. The van der Waals surface area contributed by atoms with Crippen LogP contribution in [0.25, 0.3) is 0 Å². The second-order valence-corrected chi connectivity index (χ2v) is 13.8. The van der Waals surface area contributed by atoms with Gasteiger partial charge in [-0.2, -0.15) is 8.42 Å². The van der Waals surface area contributed by atoms with E-state index in [0.717, 1.165) is 38.5 Å². The van der Waals surface area contributed by atoms with Crippen LogP contribution in [0.4, 0.5) is 0 Å². The van der Waals surface area contributed by atoms with Gasteiger partial charge in [0, 0.05) is 0 Å². The summed E-state index contributed by atoms with van der Waals surface area (Å²) >= 11 is 0. The lowest BCUT2D eigenvalue weighted by Gasteiger charge is -2.22. The highest BCUT2D eigenvalue weighted by atomic mass is 32.2. The molecule has 0 aliphatic carbocycles. The summed E-state index contributed by atoms with van der Waals surface area (Å²) in [5.41, 5.74) is 0. The van der Waals surface area contributed by atoms with Gasteiger partial charge in [0.05, 0.1) is 17.9 Å². The van der Waals surface area contributed by atoms with Gasteiger partial charge in [-0.05, 0) is 44.9 Å². The van der Waals surface area contributed by atoms with Crippen molar-refractivity contribution < 1.29 is 28.0 Å². The first-order valence-corrected chi connectivity index (χ1v) is 19.3. The number of carbonyl (C=O) groups is 1. The molecule has 1 amide bonds. The highest BCUT2D eigenvalue weighted by Gasteiger charge is 2.27. The predicted octanol–water partition coefficient (Wildman–Crippen LogP) is 8.60. The Morgan fingerprint density at radius 1 is 0.628 bits per heavy atom. The Morgan fingerprint density at radius 3 is 1.47 bits per heavy atom. The van der Waals surface area contributed by atoms with Crippen molar-refractivity contribution in [1.82, 2.24) is 5.32 Å². The maximum Gasteiger partial charge on any atom is 0.267 e. The van der Waals surface area contributed by atoms with E-state index in [2.05, 4.69) is 31.3 Å². The van der Waals surface area contributed by atoms with Crippen LogP contribution in [-0.4, -0.2) is 53.1 Å². The molecule has 3 atom stereocenters. The predicted molar refractivity (Wildman–Crippen MR) is 181 cm³/mol. The molecule has 0 saturated carbocycles. The number of hydrogen-bond donors (Lipinski definition) is 4. The summed E-state index contributed by atoms with van der Waals surface area (Å²) in [6.07, 6.45) is 32.3. The first-order chi connectivity index (χ1) is 20.7. The van der Waals surface area contributed by atoms with Crippen molar-refractivity contribution in [3.63, 3.8) is 0 Å². The van der Waals surface area contributed by atoms with Crippen LogP contribution in [0.1, 0.15) is 168 Å². The molecule has 0 aliphatic heterocycles. The van der Waals surface area contributed by atoms with Gasteiger partial charge in [-0.1, -0.05) is 147 Å². The number of allylic oxidation sites excluding steroid dienone is 3. The molecule has 0 fully saturated rings. The Hall–Kier alpha value is -1.22. The number of hydrogen-bond acceptors (Lipinski definition) is 5. The largest absolute Gasteiger partial charge is 0.387 e. The third-order valence-corrected chi connectivity index (χ3v) is 8.76. The molecular formula is C35H67NO6S. The Labute approximate surface area is 265 Å². The number of carbonyl (C=O) groups excluding carboxylic acids is 1. The summed E-state index contributed by atoms with van der Waals surface area (Å²) in [6, 6.07) is -1.24. The Kier molecular flexibility index (Phi) is 28.7. The van der Waals surface area contributed by atoms with Crippen molar-refractivity contribution in [2.45, 2.75) is 186 Å². The molecule has 3 unspecified atom stereocenters. The van der Waals surface area contributed by atoms with E-state index in [1.165, 1.54) is 109 Å². The maximum absolute atomic E-state index is 12.5. The number of amides is 1. The molecule has 0 radical (unpaired) electrons. The van der Waals surface area contributed by atoms with Crippen LogP contribution >= 0.6 is 0 Å². The molecule has 0 aromatic heterocycles. The third kappa shape index (κ3) is 29.3. The van der Waals surface area contributed by atoms with E-state index in [1.54, 1.807) is 6.08 Å². The molecule has 254 valence electrons. The highest BCUT2D eigenvalue weighted by molar-refractivity contribution is 7.85. The lowest BCUT2D eigenvalue weighted by molar-refractivity contribution is -0.130. The van der Waals surface area contributed by atoms with Gasteiger partial charge in [0.1, 0.15) is 6.10 Å². The average molecular weight is 630 g/mol. The van der Waals surface area contributed by atoms with Crippen molar-refractivity contribution in [2.24, 2.45) is 0 Å². The topological polar surface area (TPSA) is 124 Å². The van der Waals surface area contributed by atoms with Gasteiger partial charge in [-0.3, -0.25) is 9.35 Å². The van der Waals surface area contributed by atoms with Crippen LogP contribution in [0, 0.1) is 0 Å². The molecule has 43 heavy (non-hydrogen) atoms. The third-order valence-electron chi connectivity index (χ3n) is 7.98. The van der Waals surface area contributed by atoms with Crippen LogP contribution in [0.15, 0.2) is 24.3 Å². The van der Waals surface area contributed by atoms with Gasteiger partial charge >= 0.3 is 0 Å². The molecule has 0 saturated heterocycles. The fraction of sp³-hybridized carbons (Fsp3) is 0.857. The van der Waals surface area contributed by atoms with Crippen molar-refractivity contribution in [2.75, 3.05) is 5.75 Å². The first kappa shape index (κ1) is 41.8. The summed E-state index contributed by atoms with van der Waals surface area (Å²) in [5, 5.41) is 23.2. The zero-order chi connectivity index (χ0) is 32.0. The van der Waals surface area contributed by atoms with Crippen LogP contribution in [0.5, 0.6) is 0 Å².